The monoisotopic (exact) mass is 297 g/mol. The van der Waals surface area contributed by atoms with Gasteiger partial charge in [-0.15, -0.1) is 0 Å². The Labute approximate surface area is 127 Å². The van der Waals surface area contributed by atoms with Crippen LogP contribution in [0.3, 0.4) is 0 Å². The Morgan fingerprint density at radius 2 is 2.14 bits per heavy atom. The number of aromatic nitrogens is 4. The second kappa shape index (κ2) is 5.80. The van der Waals surface area contributed by atoms with Crippen LogP contribution in [0.1, 0.15) is 21.7 Å². The predicted octanol–water partition coefficient (Wildman–Crippen LogP) is 1.71. The van der Waals surface area contributed by atoms with Crippen molar-refractivity contribution in [1.82, 2.24) is 25.2 Å². The molecule has 0 aliphatic carbocycles. The van der Waals surface area contributed by atoms with E-state index in [1.54, 1.807) is 30.2 Å². The summed E-state index contributed by atoms with van der Waals surface area (Å²) in [6, 6.07) is 1.98. The summed E-state index contributed by atoms with van der Waals surface area (Å²) in [5, 5.41) is 10.6. The fraction of sp³-hybridized carbons (Fsp3) is 0.200. The van der Waals surface area contributed by atoms with E-state index in [1.807, 2.05) is 19.3 Å². The molecule has 1 N–H and O–H groups in total. The minimum absolute atomic E-state index is 0.217. The van der Waals surface area contributed by atoms with E-state index in [2.05, 4.69) is 20.6 Å². The van der Waals surface area contributed by atoms with Gasteiger partial charge in [-0.25, -0.2) is 0 Å². The van der Waals surface area contributed by atoms with Crippen molar-refractivity contribution in [3.05, 3.63) is 53.9 Å². The quantitative estimate of drug-likeness (QED) is 0.792. The summed E-state index contributed by atoms with van der Waals surface area (Å²) in [6.07, 6.45) is 8.60. The fourth-order valence-electron chi connectivity index (χ4n) is 2.11. The number of hydrogen-bond donors (Lipinski definition) is 1. The van der Waals surface area contributed by atoms with Gasteiger partial charge in [0.15, 0.2) is 0 Å². The normalized spacial score (nSPS) is 10.6. The molecule has 0 radical (unpaired) electrons. The molecule has 3 rings (SSSR count). The predicted molar refractivity (Wildman–Crippen MR) is 78.8 cm³/mol. The lowest BCUT2D eigenvalue weighted by molar-refractivity contribution is 0.0949. The second-order valence-electron chi connectivity index (χ2n) is 4.96. The van der Waals surface area contributed by atoms with Gasteiger partial charge in [0.25, 0.3) is 5.91 Å². The maximum absolute atomic E-state index is 12.0. The van der Waals surface area contributed by atoms with Crippen LogP contribution < -0.4 is 5.32 Å². The smallest absolute Gasteiger partial charge is 0.256 e. The Bertz CT molecular complexity index is 806. The molecule has 0 aliphatic rings. The largest absolute Gasteiger partial charge is 0.361 e. The van der Waals surface area contributed by atoms with Crippen molar-refractivity contribution in [1.29, 1.82) is 0 Å². The summed E-state index contributed by atoms with van der Waals surface area (Å²) >= 11 is 0. The lowest BCUT2D eigenvalue weighted by Gasteiger charge is -2.05. The summed E-state index contributed by atoms with van der Waals surface area (Å²) in [6.45, 7) is 2.08. The standard InChI is InChI=1S/C15H15N5O2/c1-10-14(8-19-22-10)15(21)17-5-11-3-12(6-16-4-11)13-7-18-20(2)9-13/h3-4,6-9H,5H2,1-2H3,(H,17,21). The fourth-order valence-corrected chi connectivity index (χ4v) is 2.11. The zero-order chi connectivity index (χ0) is 15.5. The van der Waals surface area contributed by atoms with Crippen LogP contribution in [0.15, 0.2) is 41.6 Å². The molecule has 0 aliphatic heterocycles. The summed E-state index contributed by atoms with van der Waals surface area (Å²) in [5.74, 6) is 0.283. The third-order valence-corrected chi connectivity index (χ3v) is 3.28. The molecule has 3 aromatic heterocycles. The molecular weight excluding hydrogens is 282 g/mol. The van der Waals surface area contributed by atoms with Crippen molar-refractivity contribution in [2.75, 3.05) is 0 Å². The van der Waals surface area contributed by atoms with E-state index < -0.39 is 0 Å². The highest BCUT2D eigenvalue weighted by atomic mass is 16.5. The van der Waals surface area contributed by atoms with Crippen LogP contribution >= 0.6 is 0 Å². The molecule has 3 aromatic rings. The average Bonchev–Trinajstić information content (AvgIpc) is 3.14. The van der Waals surface area contributed by atoms with Crippen LogP contribution in [0.25, 0.3) is 11.1 Å². The van der Waals surface area contributed by atoms with Crippen molar-refractivity contribution >= 4 is 5.91 Å². The number of pyridine rings is 1. The molecule has 0 bridgehead atoms. The van der Waals surface area contributed by atoms with Crippen molar-refractivity contribution < 1.29 is 9.32 Å². The van der Waals surface area contributed by atoms with Gasteiger partial charge in [-0.3, -0.25) is 14.5 Å². The number of nitrogens with zero attached hydrogens (tertiary/aromatic N) is 4. The van der Waals surface area contributed by atoms with Gasteiger partial charge >= 0.3 is 0 Å². The van der Waals surface area contributed by atoms with E-state index >= 15 is 0 Å². The van der Waals surface area contributed by atoms with Gasteiger partial charge in [0, 0.05) is 43.3 Å². The number of rotatable bonds is 4. The van der Waals surface area contributed by atoms with E-state index in [0.717, 1.165) is 16.7 Å². The number of nitrogens with one attached hydrogen (secondary N) is 1. The van der Waals surface area contributed by atoms with Gasteiger partial charge in [0.05, 0.1) is 12.4 Å². The van der Waals surface area contributed by atoms with E-state index in [0.29, 0.717) is 17.9 Å². The molecule has 1 amide bonds. The molecule has 3 heterocycles. The molecular formula is C15H15N5O2. The first-order valence-corrected chi connectivity index (χ1v) is 6.76. The highest BCUT2D eigenvalue weighted by Crippen LogP contribution is 2.18. The minimum Gasteiger partial charge on any atom is -0.361 e. The third-order valence-electron chi connectivity index (χ3n) is 3.28. The van der Waals surface area contributed by atoms with Crippen LogP contribution in [-0.4, -0.2) is 25.8 Å². The van der Waals surface area contributed by atoms with Crippen LogP contribution in [0.2, 0.25) is 0 Å². The first-order valence-electron chi connectivity index (χ1n) is 6.76. The van der Waals surface area contributed by atoms with Gasteiger partial charge in [0.1, 0.15) is 11.3 Å². The van der Waals surface area contributed by atoms with Crippen LogP contribution in [-0.2, 0) is 13.6 Å². The Kier molecular flexibility index (Phi) is 3.69. The number of hydrogen-bond acceptors (Lipinski definition) is 5. The van der Waals surface area contributed by atoms with Gasteiger partial charge in [0.2, 0.25) is 0 Å². The third kappa shape index (κ3) is 2.88. The van der Waals surface area contributed by atoms with Crippen LogP contribution in [0.5, 0.6) is 0 Å². The van der Waals surface area contributed by atoms with Crippen molar-refractivity contribution in [2.24, 2.45) is 7.05 Å². The molecule has 7 nitrogen and oxygen atoms in total. The van der Waals surface area contributed by atoms with E-state index in [-0.39, 0.29) is 5.91 Å². The summed E-state index contributed by atoms with van der Waals surface area (Å²) in [7, 11) is 1.86. The Morgan fingerprint density at radius 3 is 2.82 bits per heavy atom. The highest BCUT2D eigenvalue weighted by molar-refractivity contribution is 5.94. The number of carbonyl (C=O) groups is 1. The SMILES string of the molecule is Cc1oncc1C(=O)NCc1cncc(-c2cnn(C)c2)c1. The van der Waals surface area contributed by atoms with Gasteiger partial charge in [-0.2, -0.15) is 5.10 Å². The van der Waals surface area contributed by atoms with Crippen molar-refractivity contribution in [3.63, 3.8) is 0 Å². The van der Waals surface area contributed by atoms with Gasteiger partial charge in [-0.05, 0) is 18.6 Å². The molecule has 0 spiro atoms. The zero-order valence-corrected chi connectivity index (χ0v) is 12.3. The highest BCUT2D eigenvalue weighted by Gasteiger charge is 2.12. The lowest BCUT2D eigenvalue weighted by Crippen LogP contribution is -2.23. The van der Waals surface area contributed by atoms with Crippen LogP contribution in [0.4, 0.5) is 0 Å². The molecule has 112 valence electrons. The first kappa shape index (κ1) is 14.0. The molecule has 0 saturated carbocycles. The summed E-state index contributed by atoms with van der Waals surface area (Å²) in [5.41, 5.74) is 3.29. The molecule has 0 fully saturated rings. The van der Waals surface area contributed by atoms with Gasteiger partial charge < -0.3 is 9.84 Å². The Balaban J connectivity index is 1.71. The average molecular weight is 297 g/mol. The maximum atomic E-state index is 12.0. The Hall–Kier alpha value is -2.96. The summed E-state index contributed by atoms with van der Waals surface area (Å²) < 4.78 is 6.62. The van der Waals surface area contributed by atoms with Crippen molar-refractivity contribution in [3.8, 4) is 11.1 Å². The van der Waals surface area contributed by atoms with E-state index in [4.69, 9.17) is 4.52 Å². The number of carbonyl (C=O) groups excluding carboxylic acids is 1. The maximum Gasteiger partial charge on any atom is 0.256 e. The number of amides is 1. The number of aryl methyl sites for hydroxylation is 2. The Morgan fingerprint density at radius 1 is 1.27 bits per heavy atom. The van der Waals surface area contributed by atoms with Gasteiger partial charge in [-0.1, -0.05) is 5.16 Å². The molecule has 0 unspecified atom stereocenters. The molecule has 0 saturated heterocycles. The topological polar surface area (TPSA) is 85.8 Å². The molecule has 7 heteroatoms. The van der Waals surface area contributed by atoms with Crippen LogP contribution in [0, 0.1) is 6.92 Å². The van der Waals surface area contributed by atoms with E-state index in [9.17, 15) is 4.79 Å². The zero-order valence-electron chi connectivity index (χ0n) is 12.3. The van der Waals surface area contributed by atoms with Crippen molar-refractivity contribution in [2.45, 2.75) is 13.5 Å². The second-order valence-corrected chi connectivity index (χ2v) is 4.96. The summed E-state index contributed by atoms with van der Waals surface area (Å²) in [4.78, 5) is 16.2. The van der Waals surface area contributed by atoms with E-state index in [1.165, 1.54) is 6.20 Å². The molecule has 22 heavy (non-hydrogen) atoms. The lowest BCUT2D eigenvalue weighted by atomic mass is 10.1. The minimum atomic E-state index is -0.217. The first-order chi connectivity index (χ1) is 10.6. The molecule has 0 atom stereocenters. The molecule has 0 aromatic carbocycles.